The van der Waals surface area contributed by atoms with Gasteiger partial charge in [-0.1, -0.05) is 91.6 Å². The smallest absolute Gasteiger partial charge is 0.266 e. The minimum absolute atomic E-state index is 0.164. The molecule has 2 aliphatic rings. The number of nitrogens with zero attached hydrogens (tertiary/aromatic N) is 4. The van der Waals surface area contributed by atoms with Gasteiger partial charge in [0, 0.05) is 30.4 Å². The Morgan fingerprint density at radius 2 is 1.76 bits per heavy atom. The highest BCUT2D eigenvalue weighted by molar-refractivity contribution is 8.26. The molecule has 7 nitrogen and oxygen atoms in total. The fourth-order valence-electron chi connectivity index (χ4n) is 5.29. The lowest BCUT2D eigenvalue weighted by molar-refractivity contribution is -0.122. The third-order valence-corrected chi connectivity index (χ3v) is 10.7. The SMILES string of the molecule is CC1CCCN(S(=O)(=O)c2cccc(-c3nn(-c4ccccc4)cc3C=C3SC(=S)N(Cc4ccccc4)C3=O)c2)C1. The second kappa shape index (κ2) is 12.0. The van der Waals surface area contributed by atoms with E-state index in [1.165, 1.54) is 11.8 Å². The second-order valence-corrected chi connectivity index (χ2v) is 14.2. The average Bonchev–Trinajstić information content (AvgIpc) is 3.54. The molecule has 42 heavy (non-hydrogen) atoms. The van der Waals surface area contributed by atoms with Gasteiger partial charge in [0.2, 0.25) is 10.0 Å². The number of amides is 1. The van der Waals surface area contributed by atoms with E-state index in [1.54, 1.807) is 38.2 Å². The third-order valence-electron chi connectivity index (χ3n) is 7.47. The summed E-state index contributed by atoms with van der Waals surface area (Å²) in [5.74, 6) is 0.160. The Bertz CT molecular complexity index is 1770. The monoisotopic (exact) mass is 614 g/mol. The molecule has 1 unspecified atom stereocenters. The number of thiocarbonyl (C=S) groups is 1. The number of para-hydroxylation sites is 1. The van der Waals surface area contributed by atoms with Crippen LogP contribution in [-0.2, 0) is 21.4 Å². The Morgan fingerprint density at radius 1 is 1.02 bits per heavy atom. The van der Waals surface area contributed by atoms with Crippen LogP contribution in [0.5, 0.6) is 0 Å². The van der Waals surface area contributed by atoms with E-state index in [-0.39, 0.29) is 10.8 Å². The summed E-state index contributed by atoms with van der Waals surface area (Å²) < 4.78 is 31.0. The summed E-state index contributed by atoms with van der Waals surface area (Å²) in [6.07, 6.45) is 5.56. The Balaban J connectivity index is 1.38. The van der Waals surface area contributed by atoms with Crippen LogP contribution in [0.2, 0.25) is 0 Å². The van der Waals surface area contributed by atoms with Crippen LogP contribution >= 0.6 is 24.0 Å². The summed E-state index contributed by atoms with van der Waals surface area (Å²) in [6, 6.07) is 26.4. The van der Waals surface area contributed by atoms with Crippen molar-refractivity contribution in [1.82, 2.24) is 19.0 Å². The molecule has 214 valence electrons. The topological polar surface area (TPSA) is 75.5 Å². The molecule has 3 heterocycles. The summed E-state index contributed by atoms with van der Waals surface area (Å²) in [5, 5.41) is 4.87. The van der Waals surface area contributed by atoms with E-state index in [4.69, 9.17) is 17.3 Å². The zero-order valence-corrected chi connectivity index (χ0v) is 25.5. The Morgan fingerprint density at radius 3 is 2.50 bits per heavy atom. The molecule has 4 aromatic rings. The highest BCUT2D eigenvalue weighted by Crippen LogP contribution is 2.36. The van der Waals surface area contributed by atoms with Crippen molar-refractivity contribution in [3.63, 3.8) is 0 Å². The number of sulfonamides is 1. The van der Waals surface area contributed by atoms with Crippen molar-refractivity contribution in [3.8, 4) is 16.9 Å². The molecular formula is C32H30N4O3S3. The van der Waals surface area contributed by atoms with Crippen molar-refractivity contribution in [2.24, 2.45) is 5.92 Å². The second-order valence-electron chi connectivity index (χ2n) is 10.6. The normalized spacial score (nSPS) is 19.1. The lowest BCUT2D eigenvalue weighted by Crippen LogP contribution is -2.39. The lowest BCUT2D eigenvalue weighted by atomic mass is 10.0. The van der Waals surface area contributed by atoms with Crippen LogP contribution in [0.25, 0.3) is 23.0 Å². The molecule has 0 bridgehead atoms. The minimum Gasteiger partial charge on any atom is -0.288 e. The Kier molecular flexibility index (Phi) is 8.13. The fraction of sp³-hybridized carbons (Fsp3) is 0.219. The molecule has 2 fully saturated rings. The van der Waals surface area contributed by atoms with Gasteiger partial charge in [-0.05, 0) is 54.7 Å². The highest BCUT2D eigenvalue weighted by Gasteiger charge is 2.33. The predicted octanol–water partition coefficient (Wildman–Crippen LogP) is 6.36. The molecular weight excluding hydrogens is 585 g/mol. The molecule has 0 radical (unpaired) electrons. The predicted molar refractivity (Wildman–Crippen MR) is 171 cm³/mol. The first-order valence-corrected chi connectivity index (χ1v) is 16.5. The summed E-state index contributed by atoms with van der Waals surface area (Å²) in [4.78, 5) is 15.8. The first-order valence-electron chi connectivity index (χ1n) is 13.8. The number of rotatable bonds is 7. The largest absolute Gasteiger partial charge is 0.288 e. The maximum Gasteiger partial charge on any atom is 0.266 e. The minimum atomic E-state index is -3.66. The molecule has 2 saturated heterocycles. The lowest BCUT2D eigenvalue weighted by Gasteiger charge is -2.30. The number of piperidine rings is 1. The van der Waals surface area contributed by atoms with Crippen molar-refractivity contribution in [2.45, 2.75) is 31.2 Å². The molecule has 0 saturated carbocycles. The molecule has 3 aromatic carbocycles. The Labute approximate surface area is 255 Å². The van der Waals surface area contributed by atoms with Gasteiger partial charge in [-0.25, -0.2) is 13.1 Å². The molecule has 0 aliphatic carbocycles. The van der Waals surface area contributed by atoms with Crippen LogP contribution in [-0.4, -0.2) is 50.7 Å². The van der Waals surface area contributed by atoms with Gasteiger partial charge in [-0.3, -0.25) is 9.69 Å². The van der Waals surface area contributed by atoms with Crippen LogP contribution in [0.1, 0.15) is 30.9 Å². The quantitative estimate of drug-likeness (QED) is 0.178. The third kappa shape index (κ3) is 5.85. The first kappa shape index (κ1) is 28.5. The fourth-order valence-corrected chi connectivity index (χ4v) is 8.18. The first-order chi connectivity index (χ1) is 20.3. The van der Waals surface area contributed by atoms with Crippen molar-refractivity contribution in [3.05, 3.63) is 107 Å². The number of hydrogen-bond acceptors (Lipinski definition) is 6. The van der Waals surface area contributed by atoms with E-state index < -0.39 is 10.0 Å². The number of aromatic nitrogens is 2. The van der Waals surface area contributed by atoms with Gasteiger partial charge in [0.15, 0.2) is 0 Å². The van der Waals surface area contributed by atoms with Crippen LogP contribution in [0, 0.1) is 5.92 Å². The van der Waals surface area contributed by atoms with Gasteiger partial charge in [-0.15, -0.1) is 0 Å². The van der Waals surface area contributed by atoms with Crippen LogP contribution in [0.4, 0.5) is 0 Å². The Hall–Kier alpha value is -3.57. The van der Waals surface area contributed by atoms with Gasteiger partial charge in [0.25, 0.3) is 5.91 Å². The van der Waals surface area contributed by atoms with E-state index in [1.807, 2.05) is 72.9 Å². The molecule has 10 heteroatoms. The number of benzene rings is 3. The zero-order chi connectivity index (χ0) is 29.3. The molecule has 1 aromatic heterocycles. The molecule has 1 atom stereocenters. The van der Waals surface area contributed by atoms with Crippen molar-refractivity contribution in [1.29, 1.82) is 0 Å². The van der Waals surface area contributed by atoms with Gasteiger partial charge >= 0.3 is 0 Å². The molecule has 1 amide bonds. The van der Waals surface area contributed by atoms with Crippen molar-refractivity contribution in [2.75, 3.05) is 13.1 Å². The number of hydrogen-bond donors (Lipinski definition) is 0. The van der Waals surface area contributed by atoms with Crippen molar-refractivity contribution < 1.29 is 13.2 Å². The molecule has 6 rings (SSSR count). The van der Waals surface area contributed by atoms with Gasteiger partial charge in [-0.2, -0.15) is 9.40 Å². The summed E-state index contributed by atoms with van der Waals surface area (Å²) in [6.45, 7) is 3.53. The van der Waals surface area contributed by atoms with E-state index in [9.17, 15) is 13.2 Å². The van der Waals surface area contributed by atoms with Gasteiger partial charge in [0.05, 0.1) is 22.0 Å². The maximum absolute atomic E-state index is 13.6. The zero-order valence-electron chi connectivity index (χ0n) is 23.1. The highest BCUT2D eigenvalue weighted by atomic mass is 32.2. The molecule has 0 spiro atoms. The van der Waals surface area contributed by atoms with E-state index in [0.717, 1.165) is 24.1 Å². The standard InChI is InChI=1S/C32H30N4O3S3/c1-23-10-9-17-34(20-23)42(38,39)28-16-8-13-25(18-28)30-26(22-36(33-30)27-14-6-3-7-15-27)19-29-31(37)35(32(40)41-29)21-24-11-4-2-5-12-24/h2-8,11-16,18-19,22-23H,9-10,17,20-21H2,1H3. The van der Waals surface area contributed by atoms with E-state index in [0.29, 0.717) is 51.6 Å². The number of thioether (sulfide) groups is 1. The summed E-state index contributed by atoms with van der Waals surface area (Å²) >= 11 is 6.84. The van der Waals surface area contributed by atoms with Crippen LogP contribution in [0.15, 0.2) is 101 Å². The van der Waals surface area contributed by atoms with Crippen LogP contribution < -0.4 is 0 Å². The summed E-state index contributed by atoms with van der Waals surface area (Å²) in [5.41, 5.74) is 3.77. The van der Waals surface area contributed by atoms with Gasteiger partial charge in [0.1, 0.15) is 10.0 Å². The average molecular weight is 615 g/mol. The molecule has 0 N–H and O–H groups in total. The number of carbonyl (C=O) groups is 1. The maximum atomic E-state index is 13.6. The van der Waals surface area contributed by atoms with Gasteiger partial charge < -0.3 is 0 Å². The summed E-state index contributed by atoms with van der Waals surface area (Å²) in [7, 11) is -3.66. The van der Waals surface area contributed by atoms with Crippen LogP contribution in [0.3, 0.4) is 0 Å². The van der Waals surface area contributed by atoms with E-state index in [2.05, 4.69) is 6.92 Å². The van der Waals surface area contributed by atoms with Crippen molar-refractivity contribution >= 4 is 50.3 Å². The number of carbonyl (C=O) groups excluding carboxylic acids is 1. The molecule has 2 aliphatic heterocycles. The van der Waals surface area contributed by atoms with E-state index >= 15 is 0 Å².